The van der Waals surface area contributed by atoms with Gasteiger partial charge in [0.15, 0.2) is 11.6 Å². The predicted molar refractivity (Wildman–Crippen MR) is 166 cm³/mol. The van der Waals surface area contributed by atoms with Gasteiger partial charge in [-0.25, -0.2) is 0 Å². The van der Waals surface area contributed by atoms with E-state index in [0.717, 1.165) is 17.5 Å². The lowest BCUT2D eigenvalue weighted by atomic mass is 9.62. The average molecular weight is 589 g/mol. The van der Waals surface area contributed by atoms with Crippen molar-refractivity contribution in [3.63, 3.8) is 0 Å². The van der Waals surface area contributed by atoms with Gasteiger partial charge in [0.25, 0.3) is 0 Å². The topological polar surface area (TPSA) is 75.7 Å². The van der Waals surface area contributed by atoms with Crippen LogP contribution in [-0.2, 0) is 10.2 Å². The molecule has 1 spiro atoms. The lowest BCUT2D eigenvalue weighted by Gasteiger charge is -2.38. The lowest BCUT2D eigenvalue weighted by molar-refractivity contribution is -0.122. The highest BCUT2D eigenvalue weighted by atomic mass is 35.5. The Balaban J connectivity index is 1.47. The second kappa shape index (κ2) is 10.5. The number of nitrogens with zero attached hydrogens (tertiary/aromatic N) is 1. The molecule has 1 fully saturated rings. The third-order valence-electron chi connectivity index (χ3n) is 8.86. The molecular weight excluding hydrogens is 560 g/mol. The van der Waals surface area contributed by atoms with Crippen LogP contribution in [0.25, 0.3) is 6.08 Å². The summed E-state index contributed by atoms with van der Waals surface area (Å²) in [4.78, 5) is 45.9. The first kappa shape index (κ1) is 27.2. The molecule has 0 saturated carbocycles. The fourth-order valence-electron chi connectivity index (χ4n) is 7.07. The molecule has 0 aliphatic carbocycles. The first-order chi connectivity index (χ1) is 20.9. The van der Waals surface area contributed by atoms with E-state index < -0.39 is 23.4 Å². The summed E-state index contributed by atoms with van der Waals surface area (Å²) >= 11 is 6.17. The Morgan fingerprint density at radius 1 is 0.884 bits per heavy atom. The number of ether oxygens (including phenoxy) is 1. The van der Waals surface area contributed by atoms with Gasteiger partial charge in [-0.15, -0.1) is 0 Å². The molecule has 4 aromatic carbocycles. The van der Waals surface area contributed by atoms with Crippen molar-refractivity contribution in [1.29, 1.82) is 0 Å². The molecule has 4 aromatic rings. The van der Waals surface area contributed by atoms with E-state index in [1.807, 2.05) is 72.6 Å². The van der Waals surface area contributed by atoms with Gasteiger partial charge < -0.3 is 15.0 Å². The van der Waals surface area contributed by atoms with E-state index in [2.05, 4.69) is 5.32 Å². The first-order valence-corrected chi connectivity index (χ1v) is 14.8. The van der Waals surface area contributed by atoms with Gasteiger partial charge >= 0.3 is 0 Å². The number of amides is 1. The largest absolute Gasteiger partial charge is 0.494 e. The summed E-state index contributed by atoms with van der Waals surface area (Å²) in [5, 5.41) is 3.58. The van der Waals surface area contributed by atoms with Crippen LogP contribution in [0, 0.1) is 5.92 Å². The molecule has 1 amide bonds. The van der Waals surface area contributed by atoms with Crippen LogP contribution in [0.2, 0.25) is 5.02 Å². The van der Waals surface area contributed by atoms with Crippen LogP contribution in [0.5, 0.6) is 5.75 Å². The van der Waals surface area contributed by atoms with Crippen LogP contribution in [0.3, 0.4) is 0 Å². The van der Waals surface area contributed by atoms with Crippen molar-refractivity contribution < 1.29 is 19.1 Å². The van der Waals surface area contributed by atoms with E-state index in [1.165, 1.54) is 0 Å². The fourth-order valence-corrected chi connectivity index (χ4v) is 7.19. The molecule has 7 heteroatoms. The molecule has 43 heavy (non-hydrogen) atoms. The van der Waals surface area contributed by atoms with Crippen LogP contribution in [0.15, 0.2) is 103 Å². The van der Waals surface area contributed by atoms with Crippen molar-refractivity contribution in [2.45, 2.75) is 30.8 Å². The molecule has 3 heterocycles. The Labute approximate surface area is 254 Å². The van der Waals surface area contributed by atoms with Gasteiger partial charge in [0.05, 0.1) is 18.6 Å². The van der Waals surface area contributed by atoms with E-state index in [9.17, 15) is 14.4 Å². The second-order valence-electron chi connectivity index (χ2n) is 11.2. The zero-order valence-corrected chi connectivity index (χ0v) is 24.3. The maximum Gasteiger partial charge on any atom is 0.238 e. The van der Waals surface area contributed by atoms with Gasteiger partial charge in [0, 0.05) is 28.0 Å². The number of halogens is 1. The van der Waals surface area contributed by atoms with Crippen molar-refractivity contribution in [3.05, 3.63) is 136 Å². The SMILES string of the molecule is CCCOc1ccc(C(=O)[C@@H]2[C@@H](C(=O)c3ccc(Cl)cc3)N3C=Cc4ccccc4[C@@H]3[C@]23C(=O)Nc2ccccc23)cc1. The van der Waals surface area contributed by atoms with E-state index in [1.54, 1.807) is 48.5 Å². The van der Waals surface area contributed by atoms with Crippen LogP contribution < -0.4 is 10.1 Å². The number of fused-ring (bicyclic) bond motifs is 6. The zero-order valence-electron chi connectivity index (χ0n) is 23.5. The fraction of sp³-hybridized carbons (Fsp3) is 0.194. The highest BCUT2D eigenvalue weighted by Gasteiger charge is 2.70. The summed E-state index contributed by atoms with van der Waals surface area (Å²) in [6.07, 6.45) is 4.68. The number of carbonyl (C=O) groups is 3. The Morgan fingerprint density at radius 2 is 1.56 bits per heavy atom. The standard InChI is InChI=1S/C36H29ClN2O4/c1-2-21-43-26-17-13-23(14-18-26)32(40)30-31(33(41)24-11-15-25(37)16-12-24)39-20-19-22-7-3-4-8-27(22)34(39)36(30)28-9-5-6-10-29(28)38-35(36)42/h3-20,30-31,34H,2,21H2,1H3,(H,38,42)/t30-,31-,34+,36+/m0/s1. The van der Waals surface area contributed by atoms with Gasteiger partial charge in [-0.1, -0.05) is 61.0 Å². The van der Waals surface area contributed by atoms with Crippen molar-refractivity contribution in [1.82, 2.24) is 4.90 Å². The van der Waals surface area contributed by atoms with Gasteiger partial charge in [-0.05, 0) is 83.8 Å². The molecule has 1 N–H and O–H groups in total. The van der Waals surface area contributed by atoms with Crippen molar-refractivity contribution in [2.75, 3.05) is 11.9 Å². The van der Waals surface area contributed by atoms with Gasteiger partial charge in [-0.2, -0.15) is 0 Å². The number of Topliss-reactive ketones (excluding diaryl/α,β-unsaturated/α-hetero) is 2. The minimum atomic E-state index is -1.38. The molecule has 3 aliphatic rings. The quantitative estimate of drug-likeness (QED) is 0.233. The molecule has 4 atom stereocenters. The Morgan fingerprint density at radius 3 is 2.33 bits per heavy atom. The number of anilines is 1. The minimum absolute atomic E-state index is 0.249. The molecule has 3 aliphatic heterocycles. The van der Waals surface area contributed by atoms with E-state index in [-0.39, 0.29) is 17.5 Å². The van der Waals surface area contributed by atoms with Gasteiger partial charge in [-0.3, -0.25) is 14.4 Å². The van der Waals surface area contributed by atoms with Crippen molar-refractivity contribution >= 4 is 40.8 Å². The normalized spacial score (nSPS) is 23.0. The monoisotopic (exact) mass is 588 g/mol. The number of hydrogen-bond acceptors (Lipinski definition) is 5. The lowest BCUT2D eigenvalue weighted by Crippen LogP contribution is -2.49. The molecule has 0 radical (unpaired) electrons. The van der Waals surface area contributed by atoms with Crippen LogP contribution in [0.1, 0.15) is 56.8 Å². The Bertz CT molecular complexity index is 1780. The third-order valence-corrected chi connectivity index (χ3v) is 9.11. The Kier molecular flexibility index (Phi) is 6.66. The van der Waals surface area contributed by atoms with Crippen LogP contribution >= 0.6 is 11.6 Å². The van der Waals surface area contributed by atoms with Crippen LogP contribution in [-0.4, -0.2) is 35.0 Å². The number of nitrogens with one attached hydrogen (secondary N) is 1. The molecule has 0 unspecified atom stereocenters. The number of para-hydroxylation sites is 1. The zero-order chi connectivity index (χ0) is 29.7. The first-order valence-electron chi connectivity index (χ1n) is 14.5. The maximum atomic E-state index is 14.9. The number of hydrogen-bond donors (Lipinski definition) is 1. The molecular formula is C36H29ClN2O4. The van der Waals surface area contributed by atoms with Crippen LogP contribution in [0.4, 0.5) is 5.69 Å². The molecule has 1 saturated heterocycles. The summed E-state index contributed by atoms with van der Waals surface area (Å²) in [5.41, 5.74) is 2.67. The highest BCUT2D eigenvalue weighted by Crippen LogP contribution is 2.62. The number of benzene rings is 4. The second-order valence-corrected chi connectivity index (χ2v) is 11.6. The third kappa shape index (κ3) is 4.12. The van der Waals surface area contributed by atoms with Gasteiger partial charge in [0.2, 0.25) is 5.91 Å². The van der Waals surface area contributed by atoms with Gasteiger partial charge in [0.1, 0.15) is 17.2 Å². The molecule has 214 valence electrons. The predicted octanol–water partition coefficient (Wildman–Crippen LogP) is 7.11. The molecule has 0 aromatic heterocycles. The minimum Gasteiger partial charge on any atom is -0.494 e. The number of rotatable bonds is 7. The maximum absolute atomic E-state index is 14.9. The van der Waals surface area contributed by atoms with Crippen molar-refractivity contribution in [2.24, 2.45) is 5.92 Å². The highest BCUT2D eigenvalue weighted by molar-refractivity contribution is 6.30. The van der Waals surface area contributed by atoms with E-state index in [4.69, 9.17) is 16.3 Å². The van der Waals surface area contributed by atoms with E-state index >= 15 is 0 Å². The molecule has 7 rings (SSSR count). The van der Waals surface area contributed by atoms with E-state index in [0.29, 0.717) is 39.8 Å². The summed E-state index contributed by atoms with van der Waals surface area (Å²) in [6.45, 7) is 2.59. The smallest absolute Gasteiger partial charge is 0.238 e. The molecule has 6 nitrogen and oxygen atoms in total. The summed E-state index contributed by atoms with van der Waals surface area (Å²) < 4.78 is 5.76. The summed E-state index contributed by atoms with van der Waals surface area (Å²) in [5.74, 6) is -1.20. The average Bonchev–Trinajstić information content (AvgIpc) is 3.52. The summed E-state index contributed by atoms with van der Waals surface area (Å²) in [6, 6.07) is 27.5. The summed E-state index contributed by atoms with van der Waals surface area (Å²) in [7, 11) is 0. The number of ketones is 2. The number of carbonyl (C=O) groups excluding carboxylic acids is 3. The Hall–Kier alpha value is -4.68. The molecule has 0 bridgehead atoms. The van der Waals surface area contributed by atoms with Crippen molar-refractivity contribution in [3.8, 4) is 5.75 Å².